The summed E-state index contributed by atoms with van der Waals surface area (Å²) in [5, 5.41) is 0.778. The molecule has 0 fully saturated rings. The third-order valence-corrected chi connectivity index (χ3v) is 3.32. The number of hydrogen-bond acceptors (Lipinski definition) is 2. The number of aryl methyl sites for hydroxylation is 1. The van der Waals surface area contributed by atoms with Gasteiger partial charge < -0.3 is 10.5 Å². The fourth-order valence-electron chi connectivity index (χ4n) is 1.74. The van der Waals surface area contributed by atoms with Crippen LogP contribution in [-0.2, 0) is 0 Å². The van der Waals surface area contributed by atoms with Gasteiger partial charge in [0.2, 0.25) is 0 Å². The summed E-state index contributed by atoms with van der Waals surface area (Å²) in [6.45, 7) is 6.67. The predicted octanol–water partition coefficient (Wildman–Crippen LogP) is 3.03. The van der Waals surface area contributed by atoms with Crippen molar-refractivity contribution in [2.45, 2.75) is 26.7 Å². The molecule has 1 atom stereocenters. The van der Waals surface area contributed by atoms with E-state index >= 15 is 0 Å². The van der Waals surface area contributed by atoms with Crippen molar-refractivity contribution in [3.8, 4) is 5.75 Å². The monoisotopic (exact) mass is 227 g/mol. The summed E-state index contributed by atoms with van der Waals surface area (Å²) >= 11 is 6.17. The Morgan fingerprint density at radius 3 is 2.53 bits per heavy atom. The van der Waals surface area contributed by atoms with Crippen molar-refractivity contribution in [1.82, 2.24) is 0 Å². The van der Waals surface area contributed by atoms with E-state index in [1.807, 2.05) is 13.8 Å². The van der Waals surface area contributed by atoms with Gasteiger partial charge in [-0.3, -0.25) is 0 Å². The number of rotatable bonds is 3. The van der Waals surface area contributed by atoms with E-state index in [1.54, 1.807) is 7.11 Å². The molecule has 2 N–H and O–H groups in total. The van der Waals surface area contributed by atoms with Crippen LogP contribution in [-0.4, -0.2) is 13.7 Å². The molecule has 0 spiro atoms. The summed E-state index contributed by atoms with van der Waals surface area (Å²) < 4.78 is 5.39. The summed E-state index contributed by atoms with van der Waals surface area (Å²) in [5.41, 5.74) is 8.88. The molecule has 0 saturated heterocycles. The minimum Gasteiger partial charge on any atom is -0.496 e. The Bertz CT molecular complexity index is 363. The first kappa shape index (κ1) is 12.3. The van der Waals surface area contributed by atoms with Crippen LogP contribution in [0.15, 0.2) is 6.07 Å². The molecule has 0 saturated carbocycles. The van der Waals surface area contributed by atoms with Gasteiger partial charge in [0.25, 0.3) is 0 Å². The number of halogens is 1. The third kappa shape index (κ3) is 2.27. The maximum absolute atomic E-state index is 6.17. The van der Waals surface area contributed by atoms with Crippen molar-refractivity contribution in [3.05, 3.63) is 27.8 Å². The molecule has 0 aliphatic heterocycles. The molecule has 2 nitrogen and oxygen atoms in total. The minimum absolute atomic E-state index is 0.287. The molecular weight excluding hydrogens is 210 g/mol. The normalized spacial score (nSPS) is 12.7. The van der Waals surface area contributed by atoms with Gasteiger partial charge in [0.1, 0.15) is 5.75 Å². The van der Waals surface area contributed by atoms with Crippen molar-refractivity contribution >= 4 is 11.6 Å². The average Bonchev–Trinajstić information content (AvgIpc) is 2.24. The lowest BCUT2D eigenvalue weighted by Gasteiger charge is -2.18. The summed E-state index contributed by atoms with van der Waals surface area (Å²) in [6, 6.07) is 2.06. The van der Waals surface area contributed by atoms with Gasteiger partial charge >= 0.3 is 0 Å². The Kier molecular flexibility index (Phi) is 4.00. The van der Waals surface area contributed by atoms with Crippen LogP contribution in [0, 0.1) is 13.8 Å². The van der Waals surface area contributed by atoms with Gasteiger partial charge in [-0.2, -0.15) is 0 Å². The number of ether oxygens (including phenoxy) is 1. The number of benzene rings is 1. The molecule has 1 aromatic carbocycles. The van der Waals surface area contributed by atoms with E-state index in [2.05, 4.69) is 13.0 Å². The SMILES string of the molecule is COc1c(C(C)CN)cc(C)c(Cl)c1C. The van der Waals surface area contributed by atoms with Crippen LogP contribution < -0.4 is 10.5 Å². The van der Waals surface area contributed by atoms with E-state index in [9.17, 15) is 0 Å². The largest absolute Gasteiger partial charge is 0.496 e. The van der Waals surface area contributed by atoms with Crippen molar-refractivity contribution in [1.29, 1.82) is 0 Å². The first-order valence-corrected chi connectivity index (χ1v) is 5.44. The van der Waals surface area contributed by atoms with Crippen LogP contribution in [0.25, 0.3) is 0 Å². The third-order valence-electron chi connectivity index (χ3n) is 2.74. The predicted molar refractivity (Wildman–Crippen MR) is 64.9 cm³/mol. The molecule has 0 heterocycles. The van der Waals surface area contributed by atoms with E-state index in [-0.39, 0.29) is 5.92 Å². The summed E-state index contributed by atoms with van der Waals surface area (Å²) in [4.78, 5) is 0. The van der Waals surface area contributed by atoms with Crippen LogP contribution in [0.2, 0.25) is 5.02 Å². The van der Waals surface area contributed by atoms with Crippen molar-refractivity contribution < 1.29 is 4.74 Å². The Morgan fingerprint density at radius 2 is 2.07 bits per heavy atom. The molecule has 84 valence electrons. The van der Waals surface area contributed by atoms with E-state index in [4.69, 9.17) is 22.1 Å². The molecule has 0 aliphatic carbocycles. The smallest absolute Gasteiger partial charge is 0.126 e. The molecule has 15 heavy (non-hydrogen) atoms. The van der Waals surface area contributed by atoms with Gasteiger partial charge in [-0.1, -0.05) is 24.6 Å². The highest BCUT2D eigenvalue weighted by molar-refractivity contribution is 6.32. The van der Waals surface area contributed by atoms with E-state index < -0.39 is 0 Å². The average molecular weight is 228 g/mol. The van der Waals surface area contributed by atoms with Crippen LogP contribution in [0.5, 0.6) is 5.75 Å². The molecule has 1 unspecified atom stereocenters. The highest BCUT2D eigenvalue weighted by Gasteiger charge is 2.16. The molecule has 1 aromatic rings. The van der Waals surface area contributed by atoms with Crippen molar-refractivity contribution in [2.24, 2.45) is 5.73 Å². The first-order valence-electron chi connectivity index (χ1n) is 5.06. The lowest BCUT2D eigenvalue weighted by molar-refractivity contribution is 0.403. The Morgan fingerprint density at radius 1 is 1.47 bits per heavy atom. The highest BCUT2D eigenvalue weighted by Crippen LogP contribution is 2.36. The fraction of sp³-hybridized carbons (Fsp3) is 0.500. The second kappa shape index (κ2) is 4.86. The van der Waals surface area contributed by atoms with E-state index in [1.165, 1.54) is 0 Å². The minimum atomic E-state index is 0.287. The molecule has 0 radical (unpaired) electrons. The zero-order chi connectivity index (χ0) is 11.6. The van der Waals surface area contributed by atoms with Crippen LogP contribution in [0.1, 0.15) is 29.5 Å². The fourth-order valence-corrected chi connectivity index (χ4v) is 1.88. The van der Waals surface area contributed by atoms with Crippen LogP contribution in [0.4, 0.5) is 0 Å². The van der Waals surface area contributed by atoms with Gasteiger partial charge in [0, 0.05) is 5.56 Å². The lowest BCUT2D eigenvalue weighted by Crippen LogP contribution is -2.11. The molecule has 3 heteroatoms. The lowest BCUT2D eigenvalue weighted by atomic mass is 9.95. The summed E-state index contributed by atoms with van der Waals surface area (Å²) in [7, 11) is 1.67. The Labute approximate surface area is 96.4 Å². The van der Waals surface area contributed by atoms with E-state index in [0.29, 0.717) is 6.54 Å². The van der Waals surface area contributed by atoms with Crippen LogP contribution in [0.3, 0.4) is 0 Å². The standard InChI is InChI=1S/C12H18ClNO/c1-7-5-10(8(2)6-14)12(15-4)9(3)11(7)13/h5,8H,6,14H2,1-4H3. The second-order valence-corrected chi connectivity index (χ2v) is 4.27. The zero-order valence-electron chi connectivity index (χ0n) is 9.73. The summed E-state index contributed by atoms with van der Waals surface area (Å²) in [5.74, 6) is 1.15. The summed E-state index contributed by atoms with van der Waals surface area (Å²) in [6.07, 6.45) is 0. The second-order valence-electron chi connectivity index (χ2n) is 3.89. The van der Waals surface area contributed by atoms with Crippen molar-refractivity contribution in [3.63, 3.8) is 0 Å². The maximum Gasteiger partial charge on any atom is 0.126 e. The number of methoxy groups -OCH3 is 1. The number of nitrogens with two attached hydrogens (primary N) is 1. The van der Waals surface area contributed by atoms with E-state index in [0.717, 1.165) is 27.5 Å². The van der Waals surface area contributed by atoms with Crippen LogP contribution >= 0.6 is 11.6 Å². The van der Waals surface area contributed by atoms with Gasteiger partial charge in [0.05, 0.1) is 12.1 Å². The van der Waals surface area contributed by atoms with Gasteiger partial charge in [0.15, 0.2) is 0 Å². The first-order chi connectivity index (χ1) is 7.02. The van der Waals surface area contributed by atoms with Gasteiger partial charge in [-0.25, -0.2) is 0 Å². The number of hydrogen-bond donors (Lipinski definition) is 1. The molecule has 0 bridgehead atoms. The molecule has 1 rings (SSSR count). The molecule has 0 aliphatic rings. The topological polar surface area (TPSA) is 35.2 Å². The molecule has 0 aromatic heterocycles. The van der Waals surface area contributed by atoms with Gasteiger partial charge in [-0.15, -0.1) is 0 Å². The Balaban J connectivity index is 3.38. The highest BCUT2D eigenvalue weighted by atomic mass is 35.5. The molecular formula is C12H18ClNO. The van der Waals surface area contributed by atoms with Crippen molar-refractivity contribution in [2.75, 3.05) is 13.7 Å². The van der Waals surface area contributed by atoms with Gasteiger partial charge in [-0.05, 0) is 37.4 Å². The zero-order valence-corrected chi connectivity index (χ0v) is 10.5. The Hall–Kier alpha value is -0.730. The molecule has 0 amide bonds. The quantitative estimate of drug-likeness (QED) is 0.862. The maximum atomic E-state index is 6.17.